The number of carbonyl (C=O) groups is 1. The summed E-state index contributed by atoms with van der Waals surface area (Å²) >= 11 is 0. The van der Waals surface area contributed by atoms with Gasteiger partial charge in [-0.05, 0) is 19.9 Å². The average Bonchev–Trinajstić information content (AvgIpc) is 2.51. The zero-order chi connectivity index (χ0) is 15.4. The second-order valence-electron chi connectivity index (χ2n) is 4.91. The smallest absolute Gasteiger partial charge is 0.258 e. The lowest BCUT2D eigenvalue weighted by Gasteiger charge is -2.23. The van der Waals surface area contributed by atoms with Gasteiger partial charge in [-0.25, -0.2) is 0 Å². The Kier molecular flexibility index (Phi) is 4.39. The molecule has 1 aromatic carbocycles. The topological polar surface area (TPSA) is 77.2 Å². The quantitative estimate of drug-likeness (QED) is 0.935. The summed E-state index contributed by atoms with van der Waals surface area (Å²) in [4.78, 5) is 18.4. The molecule has 2 aromatic rings. The molecular weight excluding hydrogens is 266 g/mol. The fraction of sp³-hybridized carbons (Fsp3) is 0.312. The fourth-order valence-electron chi connectivity index (χ4n) is 2.24. The number of carbonyl (C=O) groups excluding carboxylic acids is 1. The van der Waals surface area contributed by atoms with Crippen LogP contribution in [0.1, 0.15) is 24.2 Å². The lowest BCUT2D eigenvalue weighted by atomic mass is 10.1. The van der Waals surface area contributed by atoms with Gasteiger partial charge >= 0.3 is 0 Å². The first-order chi connectivity index (χ1) is 10.1. The Morgan fingerprint density at radius 2 is 2.19 bits per heavy atom. The number of aromatic hydroxyl groups is 1. The van der Waals surface area contributed by atoms with Crippen LogP contribution in [-0.4, -0.2) is 34.0 Å². The van der Waals surface area contributed by atoms with E-state index in [9.17, 15) is 9.90 Å². The average molecular weight is 283 g/mol. The Morgan fingerprint density at radius 3 is 2.86 bits per heavy atom. The largest absolute Gasteiger partial charge is 0.505 e. The standard InChI is InChI=1S/C16H17N3O2/c1-3-19(10-11(2)8-17)16(21)15-12-6-4-5-7-13(12)18-9-14(15)20/h4-7,9,11,20H,3,10H2,1-2H3. The van der Waals surface area contributed by atoms with E-state index in [2.05, 4.69) is 11.1 Å². The van der Waals surface area contributed by atoms with Crippen LogP contribution in [0.3, 0.4) is 0 Å². The summed E-state index contributed by atoms with van der Waals surface area (Å²) in [7, 11) is 0. The van der Waals surface area contributed by atoms with Gasteiger partial charge in [0.15, 0.2) is 0 Å². The van der Waals surface area contributed by atoms with Crippen LogP contribution >= 0.6 is 0 Å². The number of hydrogen-bond acceptors (Lipinski definition) is 4. The van der Waals surface area contributed by atoms with Gasteiger partial charge in [-0.1, -0.05) is 18.2 Å². The van der Waals surface area contributed by atoms with Crippen molar-refractivity contribution in [1.82, 2.24) is 9.88 Å². The summed E-state index contributed by atoms with van der Waals surface area (Å²) in [5.74, 6) is -0.679. The van der Waals surface area contributed by atoms with E-state index in [1.807, 2.05) is 13.0 Å². The van der Waals surface area contributed by atoms with Crippen LogP contribution in [0, 0.1) is 17.2 Å². The zero-order valence-corrected chi connectivity index (χ0v) is 12.1. The Hall–Kier alpha value is -2.61. The third-order valence-corrected chi connectivity index (χ3v) is 3.35. The fourth-order valence-corrected chi connectivity index (χ4v) is 2.24. The number of pyridine rings is 1. The van der Waals surface area contributed by atoms with Crippen molar-refractivity contribution < 1.29 is 9.90 Å². The lowest BCUT2D eigenvalue weighted by Crippen LogP contribution is -2.34. The number of benzene rings is 1. The molecule has 0 radical (unpaired) electrons. The molecular formula is C16H17N3O2. The number of nitrogens with zero attached hydrogens (tertiary/aromatic N) is 3. The number of hydrogen-bond donors (Lipinski definition) is 1. The van der Waals surface area contributed by atoms with Gasteiger partial charge in [0.1, 0.15) is 5.75 Å². The van der Waals surface area contributed by atoms with Crippen molar-refractivity contribution in [1.29, 1.82) is 5.26 Å². The third kappa shape index (κ3) is 2.95. The molecule has 5 nitrogen and oxygen atoms in total. The van der Waals surface area contributed by atoms with Gasteiger partial charge < -0.3 is 10.0 Å². The molecule has 21 heavy (non-hydrogen) atoms. The summed E-state index contributed by atoms with van der Waals surface area (Å²) in [5, 5.41) is 19.6. The number of rotatable bonds is 4. The molecule has 0 aliphatic carbocycles. The molecule has 0 aliphatic heterocycles. The summed E-state index contributed by atoms with van der Waals surface area (Å²) < 4.78 is 0. The van der Waals surface area contributed by atoms with Crippen molar-refractivity contribution in [3.63, 3.8) is 0 Å². The van der Waals surface area contributed by atoms with E-state index in [1.54, 1.807) is 30.0 Å². The second-order valence-corrected chi connectivity index (χ2v) is 4.91. The van der Waals surface area contributed by atoms with E-state index in [1.165, 1.54) is 6.20 Å². The van der Waals surface area contributed by atoms with E-state index < -0.39 is 0 Å². The molecule has 0 fully saturated rings. The first kappa shape index (κ1) is 14.8. The molecule has 0 saturated heterocycles. The first-order valence-electron chi connectivity index (χ1n) is 6.84. The summed E-state index contributed by atoms with van der Waals surface area (Å²) in [6.07, 6.45) is 1.29. The minimum Gasteiger partial charge on any atom is -0.505 e. The minimum atomic E-state index is -0.282. The van der Waals surface area contributed by atoms with E-state index in [4.69, 9.17) is 5.26 Å². The van der Waals surface area contributed by atoms with Gasteiger partial charge in [-0.2, -0.15) is 5.26 Å². The minimum absolute atomic E-state index is 0.137. The Labute approximate surface area is 123 Å². The van der Waals surface area contributed by atoms with Gasteiger partial charge in [0.25, 0.3) is 5.91 Å². The SMILES string of the molecule is CCN(CC(C)C#N)C(=O)c1c(O)cnc2ccccc12. The molecule has 1 heterocycles. The van der Waals surface area contributed by atoms with Crippen LogP contribution in [0.4, 0.5) is 0 Å². The van der Waals surface area contributed by atoms with Gasteiger partial charge in [0, 0.05) is 18.5 Å². The molecule has 0 bridgehead atoms. The highest BCUT2D eigenvalue weighted by atomic mass is 16.3. The van der Waals surface area contributed by atoms with Gasteiger partial charge in [-0.15, -0.1) is 0 Å². The first-order valence-corrected chi connectivity index (χ1v) is 6.84. The molecule has 1 amide bonds. The number of fused-ring (bicyclic) bond motifs is 1. The van der Waals surface area contributed by atoms with Gasteiger partial charge in [0.05, 0.1) is 29.3 Å². The highest BCUT2D eigenvalue weighted by Gasteiger charge is 2.22. The van der Waals surface area contributed by atoms with Crippen molar-refractivity contribution in [3.8, 4) is 11.8 Å². The number of amides is 1. The molecule has 1 aromatic heterocycles. The molecule has 1 atom stereocenters. The Bertz CT molecular complexity index is 706. The number of para-hydroxylation sites is 1. The summed E-state index contributed by atoms with van der Waals surface area (Å²) in [6.45, 7) is 4.42. The summed E-state index contributed by atoms with van der Waals surface area (Å²) in [5.41, 5.74) is 0.899. The van der Waals surface area contributed by atoms with Gasteiger partial charge in [-0.3, -0.25) is 9.78 Å². The molecule has 108 valence electrons. The van der Waals surface area contributed by atoms with E-state index in [0.717, 1.165) is 0 Å². The van der Waals surface area contributed by atoms with Crippen molar-refractivity contribution in [2.75, 3.05) is 13.1 Å². The Balaban J connectivity index is 2.47. The monoisotopic (exact) mass is 283 g/mol. The predicted octanol–water partition coefficient (Wildman–Crippen LogP) is 2.56. The molecule has 0 aliphatic rings. The summed E-state index contributed by atoms with van der Waals surface area (Å²) in [6, 6.07) is 9.30. The molecule has 0 spiro atoms. The van der Waals surface area contributed by atoms with Gasteiger partial charge in [0.2, 0.25) is 0 Å². The highest BCUT2D eigenvalue weighted by Crippen LogP contribution is 2.26. The van der Waals surface area contributed by atoms with Crippen LogP contribution in [0.5, 0.6) is 5.75 Å². The number of nitriles is 1. The van der Waals surface area contributed by atoms with Crippen LogP contribution in [0.25, 0.3) is 10.9 Å². The number of aromatic nitrogens is 1. The van der Waals surface area contributed by atoms with Crippen LogP contribution in [-0.2, 0) is 0 Å². The Morgan fingerprint density at radius 1 is 1.48 bits per heavy atom. The lowest BCUT2D eigenvalue weighted by molar-refractivity contribution is 0.0751. The predicted molar refractivity (Wildman–Crippen MR) is 79.8 cm³/mol. The molecule has 1 N–H and O–H groups in total. The maximum absolute atomic E-state index is 12.7. The van der Waals surface area contributed by atoms with Crippen LogP contribution in [0.2, 0.25) is 0 Å². The van der Waals surface area contributed by atoms with Crippen molar-refractivity contribution in [2.24, 2.45) is 5.92 Å². The molecule has 5 heteroatoms. The van der Waals surface area contributed by atoms with Crippen molar-refractivity contribution >= 4 is 16.8 Å². The van der Waals surface area contributed by atoms with E-state index in [-0.39, 0.29) is 23.1 Å². The normalized spacial score (nSPS) is 11.9. The van der Waals surface area contributed by atoms with Crippen LogP contribution in [0.15, 0.2) is 30.5 Å². The van der Waals surface area contributed by atoms with Crippen LogP contribution < -0.4 is 0 Å². The van der Waals surface area contributed by atoms with Crippen molar-refractivity contribution in [2.45, 2.75) is 13.8 Å². The maximum atomic E-state index is 12.7. The third-order valence-electron chi connectivity index (χ3n) is 3.35. The maximum Gasteiger partial charge on any atom is 0.258 e. The molecule has 1 unspecified atom stereocenters. The van der Waals surface area contributed by atoms with Crippen molar-refractivity contribution in [3.05, 3.63) is 36.0 Å². The van der Waals surface area contributed by atoms with E-state index >= 15 is 0 Å². The van der Waals surface area contributed by atoms with E-state index in [0.29, 0.717) is 24.0 Å². The molecule has 0 saturated carbocycles. The second kappa shape index (κ2) is 6.23. The zero-order valence-electron chi connectivity index (χ0n) is 12.1. The highest BCUT2D eigenvalue weighted by molar-refractivity contribution is 6.08. The molecule has 2 rings (SSSR count).